The number of phosphoric ester groups is 2. The molecule has 0 spiro atoms. The molecule has 3 N–H and O–H groups in total. The molecule has 17 nitrogen and oxygen atoms in total. The molecule has 500 valence electrons. The van der Waals surface area contributed by atoms with E-state index in [4.69, 9.17) is 37.0 Å². The molecule has 0 rings (SSSR count). The van der Waals surface area contributed by atoms with Crippen LogP contribution in [-0.4, -0.2) is 96.7 Å². The van der Waals surface area contributed by atoms with Gasteiger partial charge >= 0.3 is 39.5 Å². The van der Waals surface area contributed by atoms with Crippen molar-refractivity contribution in [3.05, 3.63) is 24.3 Å². The van der Waals surface area contributed by atoms with E-state index >= 15 is 0 Å². The minimum absolute atomic E-state index is 0.0959. The zero-order chi connectivity index (χ0) is 63.1. The number of aliphatic hydroxyl groups excluding tert-OH is 1. The second kappa shape index (κ2) is 56.8. The quantitative estimate of drug-likeness (QED) is 0.0169. The number of rotatable bonds is 62. The molecule has 0 saturated heterocycles. The largest absolute Gasteiger partial charge is 0.472 e. The number of hydrogen-bond donors (Lipinski definition) is 3. The van der Waals surface area contributed by atoms with Gasteiger partial charge in [0, 0.05) is 25.7 Å². The first-order valence-electron chi connectivity index (χ1n) is 33.7. The van der Waals surface area contributed by atoms with Gasteiger partial charge in [-0.3, -0.25) is 37.3 Å². The van der Waals surface area contributed by atoms with Crippen molar-refractivity contribution in [3.8, 4) is 0 Å². The maximum Gasteiger partial charge on any atom is 0.472 e. The summed E-state index contributed by atoms with van der Waals surface area (Å²) in [5.41, 5.74) is 0. The lowest BCUT2D eigenvalue weighted by Gasteiger charge is -2.21. The zero-order valence-corrected chi connectivity index (χ0v) is 56.3. The number of carbonyl (C=O) groups excluding carboxylic acids is 4. The van der Waals surface area contributed by atoms with E-state index in [1.165, 1.54) is 89.9 Å². The molecular weight excluding hydrogens is 1130 g/mol. The number of hydrogen-bond acceptors (Lipinski definition) is 15. The first-order chi connectivity index (χ1) is 40.7. The second-order valence-corrected chi connectivity index (χ2v) is 27.5. The van der Waals surface area contributed by atoms with E-state index in [2.05, 4.69) is 72.8 Å². The summed E-state index contributed by atoms with van der Waals surface area (Å²) in [5.74, 6) is -0.0856. The summed E-state index contributed by atoms with van der Waals surface area (Å²) in [6.45, 7) is 11.5. The minimum Gasteiger partial charge on any atom is -0.462 e. The van der Waals surface area contributed by atoms with E-state index in [0.29, 0.717) is 37.5 Å². The molecular formula is C66H124O17P2. The Hall–Kier alpha value is -2.46. The number of ether oxygens (including phenoxy) is 4. The van der Waals surface area contributed by atoms with Crippen LogP contribution in [0.15, 0.2) is 24.3 Å². The van der Waals surface area contributed by atoms with Crippen LogP contribution in [0.3, 0.4) is 0 Å². The first kappa shape index (κ1) is 82.5. The van der Waals surface area contributed by atoms with Crippen molar-refractivity contribution >= 4 is 39.5 Å². The van der Waals surface area contributed by atoms with Crippen molar-refractivity contribution in [1.82, 2.24) is 0 Å². The minimum atomic E-state index is -4.95. The van der Waals surface area contributed by atoms with Crippen molar-refractivity contribution in [2.45, 2.75) is 317 Å². The summed E-state index contributed by atoms with van der Waals surface area (Å²) < 4.78 is 68.0. The third kappa shape index (κ3) is 60.2. The molecule has 0 aromatic heterocycles. The molecule has 0 aromatic carbocycles. The highest BCUT2D eigenvalue weighted by Gasteiger charge is 2.30. The van der Waals surface area contributed by atoms with Crippen LogP contribution < -0.4 is 0 Å². The van der Waals surface area contributed by atoms with Crippen molar-refractivity contribution < 1.29 is 80.2 Å². The summed E-state index contributed by atoms with van der Waals surface area (Å²) in [7, 11) is -9.90. The molecule has 85 heavy (non-hydrogen) atoms. The molecule has 0 saturated carbocycles. The molecule has 0 fully saturated rings. The van der Waals surface area contributed by atoms with Crippen LogP contribution >= 0.6 is 15.6 Å². The average Bonchev–Trinajstić information content (AvgIpc) is 3.56. The summed E-state index contributed by atoms with van der Waals surface area (Å²) in [6, 6.07) is 0. The molecule has 0 aromatic rings. The van der Waals surface area contributed by atoms with Crippen LogP contribution in [0.25, 0.3) is 0 Å². The fourth-order valence-electron chi connectivity index (χ4n) is 9.29. The molecule has 0 aliphatic rings. The summed E-state index contributed by atoms with van der Waals surface area (Å²) in [6.07, 6.45) is 41.5. The summed E-state index contributed by atoms with van der Waals surface area (Å²) >= 11 is 0. The molecule has 0 aliphatic heterocycles. The lowest BCUT2D eigenvalue weighted by molar-refractivity contribution is -0.161. The second-order valence-electron chi connectivity index (χ2n) is 24.6. The van der Waals surface area contributed by atoms with E-state index in [-0.39, 0.29) is 25.7 Å². The topological polar surface area (TPSA) is 237 Å². The van der Waals surface area contributed by atoms with E-state index < -0.39 is 97.5 Å². The van der Waals surface area contributed by atoms with Crippen LogP contribution in [0.5, 0.6) is 0 Å². The van der Waals surface area contributed by atoms with Gasteiger partial charge in [0.25, 0.3) is 0 Å². The molecule has 0 aliphatic carbocycles. The average molecular weight is 1250 g/mol. The van der Waals surface area contributed by atoms with Gasteiger partial charge in [-0.1, -0.05) is 246 Å². The summed E-state index contributed by atoms with van der Waals surface area (Å²) in [5, 5.41) is 10.5. The van der Waals surface area contributed by atoms with Crippen LogP contribution in [0.1, 0.15) is 299 Å². The van der Waals surface area contributed by atoms with Crippen molar-refractivity contribution in [1.29, 1.82) is 0 Å². The SMILES string of the molecule is CCCCCC/C=C\C=C/CCCCCCCC(=O)OC[C@H](COP(=O)(O)OCC(O)COP(=O)(O)OC[C@@H](COC(=O)CCCCCCCCCCC(C)C)OC(=O)CCCCCCCCC(C)C)OC(=O)CCCCCCCCCC(C)C. The van der Waals surface area contributed by atoms with Crippen molar-refractivity contribution in [3.63, 3.8) is 0 Å². The Balaban J connectivity index is 5.25. The Morgan fingerprint density at radius 3 is 0.953 bits per heavy atom. The maximum atomic E-state index is 13.0. The van der Waals surface area contributed by atoms with Crippen LogP contribution in [-0.2, 0) is 65.4 Å². The highest BCUT2D eigenvalue weighted by molar-refractivity contribution is 7.47. The van der Waals surface area contributed by atoms with Crippen molar-refractivity contribution in [2.24, 2.45) is 17.8 Å². The van der Waals surface area contributed by atoms with Gasteiger partial charge in [0.05, 0.1) is 26.4 Å². The third-order valence-corrected chi connectivity index (χ3v) is 16.4. The highest BCUT2D eigenvalue weighted by atomic mass is 31.2. The number of phosphoric acid groups is 2. The van der Waals surface area contributed by atoms with Gasteiger partial charge in [-0.2, -0.15) is 0 Å². The fraction of sp³-hybridized carbons (Fsp3) is 0.879. The number of allylic oxidation sites excluding steroid dienone is 4. The molecule has 0 amide bonds. The monoisotopic (exact) mass is 1250 g/mol. The summed E-state index contributed by atoms with van der Waals surface area (Å²) in [4.78, 5) is 72.2. The van der Waals surface area contributed by atoms with E-state index in [1.807, 2.05) is 0 Å². The molecule has 0 radical (unpaired) electrons. The molecule has 0 bridgehead atoms. The Bertz CT molecular complexity index is 1770. The number of aliphatic hydroxyl groups is 1. The van der Waals surface area contributed by atoms with Crippen LogP contribution in [0.4, 0.5) is 0 Å². The predicted octanol–water partition coefficient (Wildman–Crippen LogP) is 17.8. The Morgan fingerprint density at radius 1 is 0.365 bits per heavy atom. The number of esters is 4. The van der Waals surface area contributed by atoms with Crippen LogP contribution in [0, 0.1) is 17.8 Å². The molecule has 19 heteroatoms. The smallest absolute Gasteiger partial charge is 0.462 e. The number of unbranched alkanes of at least 4 members (excludes halogenated alkanes) is 27. The normalized spacial score (nSPS) is 14.5. The Labute approximate surface area is 516 Å². The standard InChI is InChI=1S/C66H124O17P2/c1-8-9-10-11-12-13-14-15-16-17-18-19-25-33-40-47-63(68)76-53-61(82-65(70)49-42-35-27-22-24-31-38-45-58(4)5)55-80-84(72,73)78-51-60(67)52-79-85(74,75)81-56-62(83-66(71)50-43-36-29-28-32-39-46-59(6)7)54-77-64(69)48-41-34-26-21-20-23-30-37-44-57(2)3/h13-16,57-62,67H,8-12,17-56H2,1-7H3,(H,72,73)(H,74,75)/b14-13-,16-15-/t60?,61-,62-/m1/s1. The first-order valence-corrected chi connectivity index (χ1v) is 36.7. The lowest BCUT2D eigenvalue weighted by atomic mass is 10.0. The highest BCUT2D eigenvalue weighted by Crippen LogP contribution is 2.45. The molecule has 3 unspecified atom stereocenters. The third-order valence-electron chi connectivity index (χ3n) is 14.5. The molecule has 5 atom stereocenters. The van der Waals surface area contributed by atoms with Gasteiger partial charge in [-0.25, -0.2) is 9.13 Å². The van der Waals surface area contributed by atoms with Gasteiger partial charge in [-0.15, -0.1) is 0 Å². The Morgan fingerprint density at radius 2 is 0.635 bits per heavy atom. The fourth-order valence-corrected chi connectivity index (χ4v) is 10.9. The zero-order valence-electron chi connectivity index (χ0n) is 54.5. The van der Waals surface area contributed by atoms with Gasteiger partial charge in [-0.05, 0) is 69.1 Å². The lowest BCUT2D eigenvalue weighted by Crippen LogP contribution is -2.30. The van der Waals surface area contributed by atoms with Gasteiger partial charge < -0.3 is 33.8 Å². The van der Waals surface area contributed by atoms with Crippen molar-refractivity contribution in [2.75, 3.05) is 39.6 Å². The molecule has 0 heterocycles. The van der Waals surface area contributed by atoms with Gasteiger partial charge in [0.15, 0.2) is 12.2 Å². The Kier molecular flexibility index (Phi) is 55.1. The van der Waals surface area contributed by atoms with E-state index in [1.54, 1.807) is 0 Å². The maximum absolute atomic E-state index is 13.0. The van der Waals surface area contributed by atoms with Gasteiger partial charge in [0.1, 0.15) is 19.3 Å². The van der Waals surface area contributed by atoms with Crippen LogP contribution in [0.2, 0.25) is 0 Å². The predicted molar refractivity (Wildman–Crippen MR) is 340 cm³/mol. The van der Waals surface area contributed by atoms with Gasteiger partial charge in [0.2, 0.25) is 0 Å². The van der Waals surface area contributed by atoms with E-state index in [9.17, 15) is 43.2 Å². The number of carbonyl (C=O) groups is 4. The van der Waals surface area contributed by atoms with E-state index in [0.717, 1.165) is 115 Å².